The topological polar surface area (TPSA) is 49.9 Å². The van der Waals surface area contributed by atoms with E-state index in [1.165, 1.54) is 0 Å². The first kappa shape index (κ1) is 15.4. The van der Waals surface area contributed by atoms with Crippen molar-refractivity contribution < 1.29 is 14.3 Å². The van der Waals surface area contributed by atoms with Crippen molar-refractivity contribution in [2.75, 3.05) is 29.4 Å². The summed E-state index contributed by atoms with van der Waals surface area (Å²) >= 11 is 0. The van der Waals surface area contributed by atoms with Crippen LogP contribution in [-0.4, -0.2) is 37.6 Å². The molecule has 2 rings (SSSR count). The van der Waals surface area contributed by atoms with E-state index >= 15 is 0 Å². The van der Waals surface area contributed by atoms with Gasteiger partial charge in [-0.1, -0.05) is 12.1 Å². The fraction of sp³-hybridized carbons (Fsp3) is 0.500. The van der Waals surface area contributed by atoms with Crippen molar-refractivity contribution in [3.8, 4) is 0 Å². The molecule has 1 heterocycles. The third-order valence-corrected chi connectivity index (χ3v) is 3.33. The molecule has 0 saturated heterocycles. The summed E-state index contributed by atoms with van der Waals surface area (Å²) in [6.07, 6.45) is 0.540. The monoisotopic (exact) mass is 290 g/mol. The Morgan fingerprint density at radius 1 is 1.33 bits per heavy atom. The molecule has 21 heavy (non-hydrogen) atoms. The van der Waals surface area contributed by atoms with E-state index in [1.807, 2.05) is 50.8 Å². The normalized spacial score (nSPS) is 14.7. The number of fused-ring (bicyclic) bond motifs is 1. The fourth-order valence-electron chi connectivity index (χ4n) is 2.48. The molecule has 1 aromatic rings. The van der Waals surface area contributed by atoms with E-state index in [2.05, 4.69) is 0 Å². The lowest BCUT2D eigenvalue weighted by Gasteiger charge is -2.38. The first-order valence-electron chi connectivity index (χ1n) is 7.12. The van der Waals surface area contributed by atoms with E-state index in [0.29, 0.717) is 19.6 Å². The van der Waals surface area contributed by atoms with Gasteiger partial charge in [-0.3, -0.25) is 4.90 Å². The number of carbonyl (C=O) groups is 2. The number of rotatable bonds is 2. The molecule has 0 N–H and O–H groups in total. The van der Waals surface area contributed by atoms with Crippen molar-refractivity contribution in [2.45, 2.75) is 33.3 Å². The average Bonchev–Trinajstić information content (AvgIpc) is 2.38. The highest BCUT2D eigenvalue weighted by atomic mass is 16.6. The maximum atomic E-state index is 12.4. The Kier molecular flexibility index (Phi) is 4.21. The van der Waals surface area contributed by atoms with Gasteiger partial charge in [0.2, 0.25) is 0 Å². The molecule has 0 aromatic heterocycles. The van der Waals surface area contributed by atoms with Crippen molar-refractivity contribution >= 4 is 23.8 Å². The van der Waals surface area contributed by atoms with Crippen molar-refractivity contribution in [2.24, 2.45) is 0 Å². The van der Waals surface area contributed by atoms with Crippen LogP contribution in [0, 0.1) is 6.92 Å². The van der Waals surface area contributed by atoms with Crippen LogP contribution in [0.2, 0.25) is 0 Å². The van der Waals surface area contributed by atoms with Gasteiger partial charge < -0.3 is 14.4 Å². The summed E-state index contributed by atoms with van der Waals surface area (Å²) in [6, 6.07) is 5.83. The molecule has 1 aliphatic heterocycles. The largest absolute Gasteiger partial charge is 0.443 e. The third-order valence-electron chi connectivity index (χ3n) is 3.33. The van der Waals surface area contributed by atoms with Gasteiger partial charge in [-0.15, -0.1) is 0 Å². The Morgan fingerprint density at radius 2 is 2.05 bits per heavy atom. The van der Waals surface area contributed by atoms with E-state index in [-0.39, 0.29) is 6.09 Å². The average molecular weight is 290 g/mol. The number of ether oxygens (including phenoxy) is 1. The standard InChI is InChI=1S/C16H22N2O3/c1-12-6-5-7-13-14(12)18(9-8-17(13)10-11-19)15(20)21-16(2,3)4/h5-7,11H,8-10H2,1-4H3. The van der Waals surface area contributed by atoms with Crippen LogP contribution in [-0.2, 0) is 9.53 Å². The van der Waals surface area contributed by atoms with Crippen LogP contribution in [0.5, 0.6) is 0 Å². The zero-order chi connectivity index (χ0) is 15.6. The molecule has 5 nitrogen and oxygen atoms in total. The van der Waals surface area contributed by atoms with Crippen LogP contribution in [0.4, 0.5) is 16.2 Å². The van der Waals surface area contributed by atoms with Crippen LogP contribution in [0.15, 0.2) is 18.2 Å². The molecule has 0 spiro atoms. The van der Waals surface area contributed by atoms with Gasteiger partial charge in [0.15, 0.2) is 0 Å². The van der Waals surface area contributed by atoms with E-state index in [1.54, 1.807) is 4.90 Å². The number of hydrogen-bond donors (Lipinski definition) is 0. The summed E-state index contributed by atoms with van der Waals surface area (Å²) < 4.78 is 5.48. The molecule has 0 saturated carbocycles. The number of aldehydes is 1. The second-order valence-corrected chi connectivity index (χ2v) is 6.19. The molecular weight excluding hydrogens is 268 g/mol. The Morgan fingerprint density at radius 3 is 2.67 bits per heavy atom. The first-order chi connectivity index (χ1) is 9.83. The molecule has 0 bridgehead atoms. The van der Waals surface area contributed by atoms with Crippen LogP contribution in [0.3, 0.4) is 0 Å². The molecule has 0 radical (unpaired) electrons. The minimum absolute atomic E-state index is 0.332. The number of carbonyl (C=O) groups excluding carboxylic acids is 2. The Labute approximate surface area is 125 Å². The highest BCUT2D eigenvalue weighted by Gasteiger charge is 2.31. The minimum atomic E-state index is -0.528. The quantitative estimate of drug-likeness (QED) is 0.786. The van der Waals surface area contributed by atoms with Crippen LogP contribution >= 0.6 is 0 Å². The van der Waals surface area contributed by atoms with Crippen LogP contribution in [0.1, 0.15) is 26.3 Å². The van der Waals surface area contributed by atoms with E-state index in [9.17, 15) is 9.59 Å². The Bertz CT molecular complexity index is 549. The number of benzene rings is 1. The lowest BCUT2D eigenvalue weighted by Crippen LogP contribution is -2.46. The summed E-state index contributed by atoms with van der Waals surface area (Å²) in [6.45, 7) is 8.99. The smallest absolute Gasteiger partial charge is 0.414 e. The Hall–Kier alpha value is -2.04. The third kappa shape index (κ3) is 3.35. The van der Waals surface area contributed by atoms with Gasteiger partial charge in [0.25, 0.3) is 0 Å². The SMILES string of the molecule is Cc1cccc2c1N(C(=O)OC(C)(C)C)CCN2CC=O. The number of aryl methyl sites for hydroxylation is 1. The molecule has 1 amide bonds. The van der Waals surface area contributed by atoms with E-state index < -0.39 is 5.60 Å². The van der Waals surface area contributed by atoms with Crippen molar-refractivity contribution in [3.63, 3.8) is 0 Å². The zero-order valence-corrected chi connectivity index (χ0v) is 13.0. The molecular formula is C16H22N2O3. The van der Waals surface area contributed by atoms with Crippen LogP contribution in [0.25, 0.3) is 0 Å². The van der Waals surface area contributed by atoms with Gasteiger partial charge >= 0.3 is 6.09 Å². The maximum absolute atomic E-state index is 12.4. The summed E-state index contributed by atoms with van der Waals surface area (Å²) in [5.41, 5.74) is 2.20. The molecule has 114 valence electrons. The Balaban J connectivity index is 2.37. The predicted octanol–water partition coefficient (Wildman–Crippen LogP) is 2.76. The molecule has 0 aliphatic carbocycles. The summed E-state index contributed by atoms with van der Waals surface area (Å²) in [7, 11) is 0. The van der Waals surface area contributed by atoms with Crippen molar-refractivity contribution in [1.29, 1.82) is 0 Å². The van der Waals surface area contributed by atoms with Crippen molar-refractivity contribution in [3.05, 3.63) is 23.8 Å². The second kappa shape index (κ2) is 5.76. The predicted molar refractivity (Wildman–Crippen MR) is 83.0 cm³/mol. The molecule has 0 atom stereocenters. The number of nitrogens with zero attached hydrogens (tertiary/aromatic N) is 2. The van der Waals surface area contributed by atoms with Crippen LogP contribution < -0.4 is 9.80 Å². The summed E-state index contributed by atoms with van der Waals surface area (Å²) in [4.78, 5) is 26.9. The van der Waals surface area contributed by atoms with Gasteiger partial charge in [-0.25, -0.2) is 4.79 Å². The second-order valence-electron chi connectivity index (χ2n) is 6.19. The number of hydrogen-bond acceptors (Lipinski definition) is 4. The fourth-order valence-corrected chi connectivity index (χ4v) is 2.48. The summed E-state index contributed by atoms with van der Waals surface area (Å²) in [5, 5.41) is 0. The molecule has 0 unspecified atom stereocenters. The molecule has 1 aromatic carbocycles. The maximum Gasteiger partial charge on any atom is 0.414 e. The lowest BCUT2D eigenvalue weighted by molar-refractivity contribution is -0.106. The lowest BCUT2D eigenvalue weighted by atomic mass is 10.1. The van der Waals surface area contributed by atoms with E-state index in [0.717, 1.165) is 23.2 Å². The van der Waals surface area contributed by atoms with Gasteiger partial charge in [-0.05, 0) is 39.3 Å². The van der Waals surface area contributed by atoms with Gasteiger partial charge in [-0.2, -0.15) is 0 Å². The van der Waals surface area contributed by atoms with Gasteiger partial charge in [0.05, 0.1) is 17.9 Å². The number of para-hydroxylation sites is 1. The molecule has 1 aliphatic rings. The van der Waals surface area contributed by atoms with Gasteiger partial charge in [0.1, 0.15) is 11.9 Å². The first-order valence-corrected chi connectivity index (χ1v) is 7.12. The number of anilines is 2. The zero-order valence-electron chi connectivity index (χ0n) is 13.0. The minimum Gasteiger partial charge on any atom is -0.443 e. The molecule has 5 heteroatoms. The highest BCUT2D eigenvalue weighted by molar-refractivity contribution is 5.95. The number of amides is 1. The highest BCUT2D eigenvalue weighted by Crippen LogP contribution is 2.36. The van der Waals surface area contributed by atoms with Crippen molar-refractivity contribution in [1.82, 2.24) is 0 Å². The van der Waals surface area contributed by atoms with Gasteiger partial charge in [0, 0.05) is 13.1 Å². The molecule has 0 fully saturated rings. The summed E-state index contributed by atoms with van der Waals surface area (Å²) in [5.74, 6) is 0. The van der Waals surface area contributed by atoms with E-state index in [4.69, 9.17) is 4.74 Å².